The number of piperazine rings is 1. The fourth-order valence-electron chi connectivity index (χ4n) is 2.78. The minimum Gasteiger partial charge on any atom is -0.368 e. The molecule has 1 aromatic rings. The van der Waals surface area contributed by atoms with E-state index in [9.17, 15) is 9.59 Å². The Morgan fingerprint density at radius 3 is 2.57 bits per heavy atom. The molecule has 0 spiro atoms. The number of nitrogens with zero attached hydrogens (tertiary/aromatic N) is 3. The molecule has 3 rings (SSSR count). The minimum absolute atomic E-state index is 0.0210. The Morgan fingerprint density at radius 1 is 1.19 bits per heavy atom. The van der Waals surface area contributed by atoms with Crippen molar-refractivity contribution in [1.29, 1.82) is 0 Å². The summed E-state index contributed by atoms with van der Waals surface area (Å²) in [6.45, 7) is 2.95. The predicted molar refractivity (Wildman–Crippen MR) is 75.7 cm³/mol. The molecular formula is C15H19N3O3. The third-order valence-corrected chi connectivity index (χ3v) is 3.99. The molecule has 0 bridgehead atoms. The maximum absolute atomic E-state index is 12.3. The van der Waals surface area contributed by atoms with E-state index in [1.807, 2.05) is 4.90 Å². The molecule has 6 heteroatoms. The van der Waals surface area contributed by atoms with Crippen molar-refractivity contribution in [3.8, 4) is 0 Å². The third kappa shape index (κ3) is 3.05. The van der Waals surface area contributed by atoms with E-state index in [4.69, 9.17) is 4.74 Å². The molecule has 0 aromatic carbocycles. The number of amides is 2. The lowest BCUT2D eigenvalue weighted by Crippen LogP contribution is -2.52. The van der Waals surface area contributed by atoms with E-state index in [0.717, 1.165) is 12.8 Å². The number of rotatable bonds is 2. The molecule has 1 unspecified atom stereocenters. The molecular weight excluding hydrogens is 270 g/mol. The van der Waals surface area contributed by atoms with E-state index in [-0.39, 0.29) is 17.9 Å². The molecule has 2 amide bonds. The van der Waals surface area contributed by atoms with Gasteiger partial charge < -0.3 is 14.5 Å². The highest BCUT2D eigenvalue weighted by Gasteiger charge is 2.31. The first-order valence-electron chi connectivity index (χ1n) is 7.35. The summed E-state index contributed by atoms with van der Waals surface area (Å²) in [5.41, 5.74) is 0.594. The first kappa shape index (κ1) is 14.0. The standard InChI is InChI=1S/C15H19N3O3/c19-14(12-3-1-5-16-11-12)17-6-8-18(9-7-17)15(20)13-4-2-10-21-13/h1,3,5,11,13H,2,4,6-10H2. The third-order valence-electron chi connectivity index (χ3n) is 3.99. The lowest BCUT2D eigenvalue weighted by atomic mass is 10.2. The van der Waals surface area contributed by atoms with Crippen molar-refractivity contribution in [2.45, 2.75) is 18.9 Å². The van der Waals surface area contributed by atoms with Gasteiger partial charge in [0.15, 0.2) is 0 Å². The van der Waals surface area contributed by atoms with Crippen LogP contribution in [0.4, 0.5) is 0 Å². The number of carbonyl (C=O) groups is 2. The van der Waals surface area contributed by atoms with Crippen LogP contribution in [0.25, 0.3) is 0 Å². The van der Waals surface area contributed by atoms with Gasteiger partial charge in [0.1, 0.15) is 6.10 Å². The van der Waals surface area contributed by atoms with Gasteiger partial charge in [0, 0.05) is 45.2 Å². The summed E-state index contributed by atoms with van der Waals surface area (Å²) < 4.78 is 5.43. The first-order chi connectivity index (χ1) is 10.3. The zero-order valence-electron chi connectivity index (χ0n) is 11.9. The van der Waals surface area contributed by atoms with Crippen molar-refractivity contribution >= 4 is 11.8 Å². The second-order valence-electron chi connectivity index (χ2n) is 5.36. The highest BCUT2D eigenvalue weighted by Crippen LogP contribution is 2.16. The molecule has 0 radical (unpaired) electrons. The molecule has 21 heavy (non-hydrogen) atoms. The van der Waals surface area contributed by atoms with E-state index in [1.165, 1.54) is 0 Å². The van der Waals surface area contributed by atoms with Crippen LogP contribution in [0.3, 0.4) is 0 Å². The quantitative estimate of drug-likeness (QED) is 0.797. The number of ether oxygens (including phenoxy) is 1. The number of carbonyl (C=O) groups excluding carboxylic acids is 2. The Bertz CT molecular complexity index is 506. The number of hydrogen-bond donors (Lipinski definition) is 0. The van der Waals surface area contributed by atoms with Crippen LogP contribution >= 0.6 is 0 Å². The molecule has 2 aliphatic heterocycles. The van der Waals surface area contributed by atoms with Crippen LogP contribution < -0.4 is 0 Å². The van der Waals surface area contributed by atoms with Crippen molar-refractivity contribution < 1.29 is 14.3 Å². The van der Waals surface area contributed by atoms with E-state index in [1.54, 1.807) is 29.4 Å². The lowest BCUT2D eigenvalue weighted by Gasteiger charge is -2.35. The summed E-state index contributed by atoms with van der Waals surface area (Å²) >= 11 is 0. The van der Waals surface area contributed by atoms with Crippen LogP contribution in [0.5, 0.6) is 0 Å². The Labute approximate surface area is 123 Å². The zero-order chi connectivity index (χ0) is 14.7. The van der Waals surface area contributed by atoms with Crippen molar-refractivity contribution in [3.05, 3.63) is 30.1 Å². The van der Waals surface area contributed by atoms with Crippen molar-refractivity contribution in [3.63, 3.8) is 0 Å². The van der Waals surface area contributed by atoms with Crippen molar-refractivity contribution in [2.24, 2.45) is 0 Å². The normalized spacial score (nSPS) is 22.4. The number of pyridine rings is 1. The molecule has 2 fully saturated rings. The molecule has 112 valence electrons. The van der Waals surface area contributed by atoms with Crippen molar-refractivity contribution in [1.82, 2.24) is 14.8 Å². The first-order valence-corrected chi connectivity index (χ1v) is 7.35. The van der Waals surface area contributed by atoms with E-state index < -0.39 is 0 Å². The smallest absolute Gasteiger partial charge is 0.255 e. The van der Waals surface area contributed by atoms with Gasteiger partial charge in [-0.25, -0.2) is 0 Å². The maximum atomic E-state index is 12.3. The summed E-state index contributed by atoms with van der Waals surface area (Å²) in [5, 5.41) is 0. The van der Waals surface area contributed by atoms with Gasteiger partial charge in [-0.3, -0.25) is 14.6 Å². The van der Waals surface area contributed by atoms with Gasteiger partial charge >= 0.3 is 0 Å². The lowest BCUT2D eigenvalue weighted by molar-refractivity contribution is -0.142. The molecule has 1 aromatic heterocycles. The molecule has 6 nitrogen and oxygen atoms in total. The Hall–Kier alpha value is -1.95. The second-order valence-corrected chi connectivity index (χ2v) is 5.36. The Kier molecular flexibility index (Phi) is 4.15. The molecule has 2 saturated heterocycles. The highest BCUT2D eigenvalue weighted by atomic mass is 16.5. The van der Waals surface area contributed by atoms with Gasteiger partial charge in [-0.15, -0.1) is 0 Å². The monoisotopic (exact) mass is 289 g/mol. The predicted octanol–water partition coefficient (Wildman–Crippen LogP) is 0.545. The van der Waals surface area contributed by atoms with Crippen LogP contribution in [0, 0.1) is 0 Å². The average Bonchev–Trinajstić information content (AvgIpc) is 3.09. The molecule has 0 aliphatic carbocycles. The van der Waals surface area contributed by atoms with Crippen molar-refractivity contribution in [2.75, 3.05) is 32.8 Å². The van der Waals surface area contributed by atoms with Gasteiger partial charge in [0.05, 0.1) is 5.56 Å². The zero-order valence-corrected chi connectivity index (χ0v) is 11.9. The number of aromatic nitrogens is 1. The van der Waals surface area contributed by atoms with Gasteiger partial charge in [-0.2, -0.15) is 0 Å². The summed E-state index contributed by atoms with van der Waals surface area (Å²) in [6.07, 6.45) is 4.72. The SMILES string of the molecule is O=C(c1cccnc1)N1CCN(C(=O)C2CCCO2)CC1. The van der Waals surface area contributed by atoms with Crippen LogP contribution in [0.15, 0.2) is 24.5 Å². The van der Waals surface area contributed by atoms with Crippen LogP contribution in [-0.4, -0.2) is 65.5 Å². The highest BCUT2D eigenvalue weighted by molar-refractivity contribution is 5.94. The van der Waals surface area contributed by atoms with Crippen LogP contribution in [-0.2, 0) is 9.53 Å². The van der Waals surface area contributed by atoms with Gasteiger partial charge in [-0.1, -0.05) is 0 Å². The molecule has 3 heterocycles. The number of hydrogen-bond acceptors (Lipinski definition) is 4. The van der Waals surface area contributed by atoms with E-state index in [0.29, 0.717) is 38.3 Å². The Balaban J connectivity index is 1.55. The Morgan fingerprint density at radius 2 is 1.95 bits per heavy atom. The minimum atomic E-state index is -0.273. The topological polar surface area (TPSA) is 62.7 Å². The molecule has 2 aliphatic rings. The summed E-state index contributed by atoms with van der Waals surface area (Å²) in [4.78, 5) is 32.1. The molecule has 0 N–H and O–H groups in total. The van der Waals surface area contributed by atoms with Crippen LogP contribution in [0.2, 0.25) is 0 Å². The largest absolute Gasteiger partial charge is 0.368 e. The van der Waals surface area contributed by atoms with E-state index in [2.05, 4.69) is 4.98 Å². The maximum Gasteiger partial charge on any atom is 0.255 e. The summed E-state index contributed by atoms with van der Waals surface area (Å²) in [7, 11) is 0. The van der Waals surface area contributed by atoms with E-state index >= 15 is 0 Å². The molecule has 1 atom stereocenters. The van der Waals surface area contributed by atoms with Gasteiger partial charge in [0.25, 0.3) is 11.8 Å². The van der Waals surface area contributed by atoms with Gasteiger partial charge in [0.2, 0.25) is 0 Å². The fraction of sp³-hybridized carbons (Fsp3) is 0.533. The second kappa shape index (κ2) is 6.22. The summed E-state index contributed by atoms with van der Waals surface area (Å²) in [6, 6.07) is 3.52. The fourth-order valence-corrected chi connectivity index (χ4v) is 2.78. The van der Waals surface area contributed by atoms with Crippen LogP contribution in [0.1, 0.15) is 23.2 Å². The summed E-state index contributed by atoms with van der Waals surface area (Å²) in [5.74, 6) is 0.0493. The van der Waals surface area contributed by atoms with Gasteiger partial charge in [-0.05, 0) is 25.0 Å². The molecule has 0 saturated carbocycles. The average molecular weight is 289 g/mol.